The molecule has 1 atom stereocenters. The molecule has 0 aromatic heterocycles. The van der Waals surface area contributed by atoms with Crippen molar-refractivity contribution >= 4 is 11.4 Å². The Bertz CT molecular complexity index is 485. The number of para-hydroxylation sites is 1. The Labute approximate surface area is 112 Å². The Kier molecular flexibility index (Phi) is 4.78. The van der Waals surface area contributed by atoms with Crippen molar-refractivity contribution in [3.05, 3.63) is 54.6 Å². The second kappa shape index (κ2) is 6.78. The number of aliphatic hydroxyl groups excluding tert-OH is 2. The van der Waals surface area contributed by atoms with Gasteiger partial charge in [-0.25, -0.2) is 0 Å². The third-order valence-electron chi connectivity index (χ3n) is 2.57. The lowest BCUT2D eigenvalue weighted by molar-refractivity contribution is 0.0536. The van der Waals surface area contributed by atoms with E-state index in [1.54, 1.807) is 0 Å². The van der Waals surface area contributed by atoms with E-state index in [1.165, 1.54) is 0 Å². The average molecular weight is 259 g/mol. The van der Waals surface area contributed by atoms with Crippen LogP contribution in [0.5, 0.6) is 5.75 Å². The number of hydrogen-bond acceptors (Lipinski definition) is 4. The topological polar surface area (TPSA) is 61.7 Å². The van der Waals surface area contributed by atoms with Crippen LogP contribution in [-0.4, -0.2) is 29.5 Å². The molecule has 3 N–H and O–H groups in total. The van der Waals surface area contributed by atoms with Gasteiger partial charge >= 0.3 is 0 Å². The van der Waals surface area contributed by atoms with Crippen molar-refractivity contribution in [3.8, 4) is 5.75 Å². The summed E-state index contributed by atoms with van der Waals surface area (Å²) >= 11 is 0. The normalized spacial score (nSPS) is 11.9. The van der Waals surface area contributed by atoms with E-state index in [4.69, 9.17) is 9.84 Å². The molecule has 0 heterocycles. The number of aliphatic hydroxyl groups is 2. The van der Waals surface area contributed by atoms with Crippen LogP contribution in [0.1, 0.15) is 0 Å². The van der Waals surface area contributed by atoms with Gasteiger partial charge in [0.05, 0.1) is 6.61 Å². The number of hydrogen-bond donors (Lipinski definition) is 3. The summed E-state index contributed by atoms with van der Waals surface area (Å²) in [5.74, 6) is 0.658. The zero-order valence-electron chi connectivity index (χ0n) is 10.5. The van der Waals surface area contributed by atoms with Crippen molar-refractivity contribution in [2.45, 2.75) is 6.10 Å². The Morgan fingerprint density at radius 3 is 2.21 bits per heavy atom. The molecule has 2 rings (SSSR count). The first-order valence-electron chi connectivity index (χ1n) is 6.12. The first-order valence-corrected chi connectivity index (χ1v) is 6.12. The van der Waals surface area contributed by atoms with Crippen LogP contribution in [0.15, 0.2) is 54.6 Å². The molecule has 4 nitrogen and oxygen atoms in total. The fraction of sp³-hybridized carbons (Fsp3) is 0.200. The van der Waals surface area contributed by atoms with Crippen LogP contribution in [0.2, 0.25) is 0 Å². The average Bonchev–Trinajstić information content (AvgIpc) is 2.47. The van der Waals surface area contributed by atoms with E-state index in [9.17, 15) is 5.11 Å². The van der Waals surface area contributed by atoms with Gasteiger partial charge in [0.1, 0.15) is 18.5 Å². The van der Waals surface area contributed by atoms with E-state index >= 15 is 0 Å². The Balaban J connectivity index is 1.91. The minimum Gasteiger partial charge on any atom is -0.491 e. The largest absolute Gasteiger partial charge is 0.491 e. The number of rotatable bonds is 6. The van der Waals surface area contributed by atoms with Gasteiger partial charge in [0.2, 0.25) is 0 Å². The Morgan fingerprint density at radius 2 is 1.58 bits per heavy atom. The standard InChI is InChI=1S/C15H17NO3/c17-10-14(18)11-19-15-8-6-13(7-9-15)16-12-4-2-1-3-5-12/h1-9,14,16-18H,10-11H2. The smallest absolute Gasteiger partial charge is 0.119 e. The van der Waals surface area contributed by atoms with E-state index in [-0.39, 0.29) is 13.2 Å². The van der Waals surface area contributed by atoms with E-state index in [1.807, 2.05) is 54.6 Å². The molecule has 0 aliphatic carbocycles. The number of ether oxygens (including phenoxy) is 1. The third kappa shape index (κ3) is 4.28. The zero-order chi connectivity index (χ0) is 13.5. The maximum Gasteiger partial charge on any atom is 0.119 e. The minimum absolute atomic E-state index is 0.0853. The molecule has 0 spiro atoms. The van der Waals surface area contributed by atoms with Crippen LogP contribution in [0.3, 0.4) is 0 Å². The molecule has 0 amide bonds. The van der Waals surface area contributed by atoms with Crippen LogP contribution in [0.4, 0.5) is 11.4 Å². The van der Waals surface area contributed by atoms with Crippen LogP contribution < -0.4 is 10.1 Å². The molecule has 0 fully saturated rings. The van der Waals surface area contributed by atoms with Crippen LogP contribution in [0, 0.1) is 0 Å². The van der Waals surface area contributed by atoms with Gasteiger partial charge in [0.25, 0.3) is 0 Å². The highest BCUT2D eigenvalue weighted by molar-refractivity contribution is 5.59. The monoisotopic (exact) mass is 259 g/mol. The van der Waals surface area contributed by atoms with Crippen molar-refractivity contribution < 1.29 is 14.9 Å². The summed E-state index contributed by atoms with van der Waals surface area (Å²) in [7, 11) is 0. The Morgan fingerprint density at radius 1 is 0.947 bits per heavy atom. The summed E-state index contributed by atoms with van der Waals surface area (Å²) in [4.78, 5) is 0. The summed E-state index contributed by atoms with van der Waals surface area (Å²) in [5, 5.41) is 21.1. The molecule has 100 valence electrons. The lowest BCUT2D eigenvalue weighted by Gasteiger charge is -2.11. The highest BCUT2D eigenvalue weighted by atomic mass is 16.5. The first kappa shape index (κ1) is 13.4. The molecule has 0 aliphatic rings. The van der Waals surface area contributed by atoms with E-state index in [0.717, 1.165) is 11.4 Å². The van der Waals surface area contributed by atoms with Crippen molar-refractivity contribution in [3.63, 3.8) is 0 Å². The van der Waals surface area contributed by atoms with E-state index in [0.29, 0.717) is 5.75 Å². The lowest BCUT2D eigenvalue weighted by Crippen LogP contribution is -2.21. The summed E-state index contributed by atoms with van der Waals surface area (Å²) in [6.45, 7) is -0.213. The molecule has 19 heavy (non-hydrogen) atoms. The fourth-order valence-electron chi connectivity index (χ4n) is 1.57. The number of anilines is 2. The third-order valence-corrected chi connectivity index (χ3v) is 2.57. The van der Waals surface area contributed by atoms with Gasteiger partial charge in [-0.05, 0) is 36.4 Å². The van der Waals surface area contributed by atoms with Crippen LogP contribution in [-0.2, 0) is 0 Å². The van der Waals surface area contributed by atoms with E-state index < -0.39 is 6.10 Å². The molecule has 0 aliphatic heterocycles. The lowest BCUT2D eigenvalue weighted by atomic mass is 10.2. The molecule has 0 radical (unpaired) electrons. The van der Waals surface area contributed by atoms with Crippen molar-refractivity contribution in [1.82, 2.24) is 0 Å². The number of nitrogens with one attached hydrogen (secondary N) is 1. The van der Waals surface area contributed by atoms with Crippen molar-refractivity contribution in [2.24, 2.45) is 0 Å². The van der Waals surface area contributed by atoms with Gasteiger partial charge in [0, 0.05) is 11.4 Å². The molecule has 4 heteroatoms. The molecule has 2 aromatic rings. The predicted octanol–water partition coefficient (Wildman–Crippen LogP) is 2.16. The van der Waals surface area contributed by atoms with Gasteiger partial charge in [-0.3, -0.25) is 0 Å². The molecular formula is C15H17NO3. The predicted molar refractivity (Wildman–Crippen MR) is 74.8 cm³/mol. The molecular weight excluding hydrogens is 242 g/mol. The zero-order valence-corrected chi connectivity index (χ0v) is 10.5. The van der Waals surface area contributed by atoms with Crippen molar-refractivity contribution in [2.75, 3.05) is 18.5 Å². The quantitative estimate of drug-likeness (QED) is 0.744. The van der Waals surface area contributed by atoms with Gasteiger partial charge in [-0.2, -0.15) is 0 Å². The van der Waals surface area contributed by atoms with Crippen LogP contribution >= 0.6 is 0 Å². The molecule has 1 unspecified atom stereocenters. The highest BCUT2D eigenvalue weighted by Crippen LogP contribution is 2.19. The fourth-order valence-corrected chi connectivity index (χ4v) is 1.57. The highest BCUT2D eigenvalue weighted by Gasteiger charge is 2.02. The summed E-state index contributed by atoms with van der Waals surface area (Å²) < 4.78 is 5.33. The van der Waals surface area contributed by atoms with Crippen LogP contribution in [0.25, 0.3) is 0 Å². The van der Waals surface area contributed by atoms with Gasteiger partial charge in [-0.15, -0.1) is 0 Å². The van der Waals surface area contributed by atoms with E-state index in [2.05, 4.69) is 5.32 Å². The SMILES string of the molecule is OCC(O)COc1ccc(Nc2ccccc2)cc1. The summed E-state index contributed by atoms with van der Waals surface area (Å²) in [5.41, 5.74) is 1.98. The minimum atomic E-state index is -0.845. The van der Waals surface area contributed by atoms with Gasteiger partial charge < -0.3 is 20.3 Å². The summed E-state index contributed by atoms with van der Waals surface area (Å²) in [6, 6.07) is 17.3. The maximum atomic E-state index is 9.18. The maximum absolute atomic E-state index is 9.18. The molecule has 0 saturated carbocycles. The first-order chi connectivity index (χ1) is 9.28. The molecule has 0 bridgehead atoms. The second-order valence-corrected chi connectivity index (χ2v) is 4.16. The van der Waals surface area contributed by atoms with Gasteiger partial charge in [0.15, 0.2) is 0 Å². The summed E-state index contributed by atoms with van der Waals surface area (Å²) in [6.07, 6.45) is -0.845. The Hall–Kier alpha value is -2.04. The van der Waals surface area contributed by atoms with Gasteiger partial charge in [-0.1, -0.05) is 18.2 Å². The molecule has 0 saturated heterocycles. The second-order valence-electron chi connectivity index (χ2n) is 4.16. The molecule has 2 aromatic carbocycles. The number of benzene rings is 2. The van der Waals surface area contributed by atoms with Crippen molar-refractivity contribution in [1.29, 1.82) is 0 Å².